The average molecular weight is 185 g/mol. The maximum atomic E-state index is 6.13. The Morgan fingerprint density at radius 2 is 2.23 bits per heavy atom. The monoisotopic (exact) mass is 185 g/mol. The number of unbranched alkanes of at least 4 members (excludes halogenated alkanes) is 2. The highest BCUT2D eigenvalue weighted by Gasteiger charge is 2.35. The third-order valence-corrected chi connectivity index (χ3v) is 3.15. The van der Waals surface area contributed by atoms with Crippen LogP contribution in [0.15, 0.2) is 0 Å². The van der Waals surface area contributed by atoms with Crippen molar-refractivity contribution in [2.45, 2.75) is 64.0 Å². The molecule has 0 aromatic rings. The molecule has 0 bridgehead atoms. The Morgan fingerprint density at radius 1 is 1.46 bits per heavy atom. The lowest BCUT2D eigenvalue weighted by molar-refractivity contribution is -0.00361. The van der Waals surface area contributed by atoms with Gasteiger partial charge in [-0.15, -0.1) is 0 Å². The zero-order valence-electron chi connectivity index (χ0n) is 9.01. The minimum atomic E-state index is -0.0201. The van der Waals surface area contributed by atoms with Gasteiger partial charge in [0, 0.05) is 12.6 Å². The molecule has 1 saturated heterocycles. The van der Waals surface area contributed by atoms with E-state index in [-0.39, 0.29) is 11.6 Å². The lowest BCUT2D eigenvalue weighted by Gasteiger charge is -2.30. The van der Waals surface area contributed by atoms with Gasteiger partial charge < -0.3 is 10.5 Å². The highest BCUT2D eigenvalue weighted by Crippen LogP contribution is 2.29. The van der Waals surface area contributed by atoms with Crippen LogP contribution in [0.25, 0.3) is 0 Å². The van der Waals surface area contributed by atoms with Crippen molar-refractivity contribution >= 4 is 0 Å². The van der Waals surface area contributed by atoms with E-state index in [1.807, 2.05) is 0 Å². The minimum absolute atomic E-state index is 0.0201. The number of hydrogen-bond acceptors (Lipinski definition) is 2. The van der Waals surface area contributed by atoms with Gasteiger partial charge in [0.15, 0.2) is 0 Å². The molecule has 0 aliphatic carbocycles. The number of rotatable bonds is 5. The van der Waals surface area contributed by atoms with E-state index in [4.69, 9.17) is 10.5 Å². The van der Waals surface area contributed by atoms with Gasteiger partial charge in [-0.25, -0.2) is 0 Å². The van der Waals surface area contributed by atoms with E-state index in [1.165, 1.54) is 25.7 Å². The normalized spacial score (nSPS) is 30.7. The maximum Gasteiger partial charge on any atom is 0.0805 e. The Hall–Kier alpha value is -0.0800. The fraction of sp³-hybridized carbons (Fsp3) is 1.00. The summed E-state index contributed by atoms with van der Waals surface area (Å²) in [4.78, 5) is 0. The minimum Gasteiger partial charge on any atom is -0.374 e. The fourth-order valence-corrected chi connectivity index (χ4v) is 2.01. The van der Waals surface area contributed by atoms with E-state index in [2.05, 4.69) is 13.8 Å². The molecule has 2 heteroatoms. The van der Waals surface area contributed by atoms with Crippen LogP contribution in [-0.2, 0) is 4.74 Å². The van der Waals surface area contributed by atoms with Crippen LogP contribution < -0.4 is 5.73 Å². The second kappa shape index (κ2) is 4.97. The van der Waals surface area contributed by atoms with Gasteiger partial charge in [-0.3, -0.25) is 0 Å². The summed E-state index contributed by atoms with van der Waals surface area (Å²) in [6, 6.07) is 0.238. The van der Waals surface area contributed by atoms with Crippen LogP contribution in [0, 0.1) is 0 Å². The van der Waals surface area contributed by atoms with Crippen molar-refractivity contribution < 1.29 is 4.74 Å². The summed E-state index contributed by atoms with van der Waals surface area (Å²) in [5, 5.41) is 0. The van der Waals surface area contributed by atoms with Crippen molar-refractivity contribution in [3.05, 3.63) is 0 Å². The summed E-state index contributed by atoms with van der Waals surface area (Å²) in [6.45, 7) is 5.29. The van der Waals surface area contributed by atoms with E-state index < -0.39 is 0 Å². The Bertz CT molecular complexity index is 141. The molecule has 1 rings (SSSR count). The first-order valence-electron chi connectivity index (χ1n) is 5.58. The number of ether oxygens (including phenoxy) is 1. The molecule has 2 nitrogen and oxygen atoms in total. The second-order valence-electron chi connectivity index (χ2n) is 4.37. The van der Waals surface area contributed by atoms with Crippen LogP contribution in [0.2, 0.25) is 0 Å². The van der Waals surface area contributed by atoms with Gasteiger partial charge in [-0.1, -0.05) is 26.2 Å². The van der Waals surface area contributed by atoms with Crippen molar-refractivity contribution in [2.75, 3.05) is 6.61 Å². The van der Waals surface area contributed by atoms with E-state index >= 15 is 0 Å². The molecule has 1 heterocycles. The quantitative estimate of drug-likeness (QED) is 0.668. The van der Waals surface area contributed by atoms with Crippen LogP contribution >= 0.6 is 0 Å². The molecular weight excluding hydrogens is 162 g/mol. The molecule has 13 heavy (non-hydrogen) atoms. The van der Waals surface area contributed by atoms with Crippen LogP contribution in [0.3, 0.4) is 0 Å². The molecule has 0 spiro atoms. The predicted molar refractivity (Wildman–Crippen MR) is 55.7 cm³/mol. The zero-order valence-corrected chi connectivity index (χ0v) is 9.01. The Balaban J connectivity index is 2.24. The first-order chi connectivity index (χ1) is 6.19. The molecule has 2 unspecified atom stereocenters. The molecule has 0 radical (unpaired) electrons. The topological polar surface area (TPSA) is 35.2 Å². The third kappa shape index (κ3) is 2.96. The number of nitrogens with two attached hydrogens (primary N) is 1. The molecule has 1 fully saturated rings. The predicted octanol–water partition coefficient (Wildman–Crippen LogP) is 2.46. The number of hydrogen-bond donors (Lipinski definition) is 1. The largest absolute Gasteiger partial charge is 0.374 e. The van der Waals surface area contributed by atoms with Gasteiger partial charge in [-0.2, -0.15) is 0 Å². The lowest BCUT2D eigenvalue weighted by Crippen LogP contribution is -2.44. The fourth-order valence-electron chi connectivity index (χ4n) is 2.01. The van der Waals surface area contributed by atoms with Gasteiger partial charge in [-0.05, 0) is 26.2 Å². The molecule has 2 atom stereocenters. The molecule has 1 aliphatic heterocycles. The third-order valence-electron chi connectivity index (χ3n) is 3.15. The molecule has 2 N–H and O–H groups in total. The van der Waals surface area contributed by atoms with Crippen molar-refractivity contribution in [1.82, 2.24) is 0 Å². The van der Waals surface area contributed by atoms with E-state index in [0.29, 0.717) is 0 Å². The average Bonchev–Trinajstić information content (AvgIpc) is 2.54. The summed E-state index contributed by atoms with van der Waals surface area (Å²) in [7, 11) is 0. The smallest absolute Gasteiger partial charge is 0.0805 e. The van der Waals surface area contributed by atoms with Crippen LogP contribution in [-0.4, -0.2) is 18.2 Å². The highest BCUT2D eigenvalue weighted by molar-refractivity contribution is 4.90. The van der Waals surface area contributed by atoms with Crippen molar-refractivity contribution in [1.29, 1.82) is 0 Å². The summed E-state index contributed by atoms with van der Waals surface area (Å²) < 4.78 is 5.71. The standard InChI is InChI=1S/C11H23NO/c1-3-4-5-7-10(12)11(2)8-6-9-13-11/h10H,3-9,12H2,1-2H3. The molecule has 0 aromatic carbocycles. The molecule has 1 aliphatic rings. The van der Waals surface area contributed by atoms with Gasteiger partial charge in [0.05, 0.1) is 5.60 Å². The SMILES string of the molecule is CCCCCC(N)C1(C)CCCO1. The molecule has 0 saturated carbocycles. The molecule has 0 amide bonds. The Morgan fingerprint density at radius 3 is 2.77 bits per heavy atom. The van der Waals surface area contributed by atoms with Gasteiger partial charge in [0.1, 0.15) is 0 Å². The first-order valence-corrected chi connectivity index (χ1v) is 5.58. The zero-order chi connectivity index (χ0) is 9.73. The van der Waals surface area contributed by atoms with E-state index in [9.17, 15) is 0 Å². The molecular formula is C11H23NO. The van der Waals surface area contributed by atoms with Crippen molar-refractivity contribution in [2.24, 2.45) is 5.73 Å². The van der Waals surface area contributed by atoms with Gasteiger partial charge >= 0.3 is 0 Å². The summed E-state index contributed by atoms with van der Waals surface area (Å²) in [5.74, 6) is 0. The lowest BCUT2D eigenvalue weighted by atomic mass is 9.90. The molecule has 0 aromatic heterocycles. The van der Waals surface area contributed by atoms with Crippen molar-refractivity contribution in [3.63, 3.8) is 0 Å². The summed E-state index contributed by atoms with van der Waals surface area (Å²) >= 11 is 0. The van der Waals surface area contributed by atoms with Gasteiger partial charge in [0.25, 0.3) is 0 Å². The Kier molecular flexibility index (Phi) is 4.20. The van der Waals surface area contributed by atoms with E-state index in [1.54, 1.807) is 0 Å². The molecule has 78 valence electrons. The van der Waals surface area contributed by atoms with Crippen LogP contribution in [0.4, 0.5) is 0 Å². The summed E-state index contributed by atoms with van der Waals surface area (Å²) in [5.41, 5.74) is 6.11. The highest BCUT2D eigenvalue weighted by atomic mass is 16.5. The van der Waals surface area contributed by atoms with Crippen LogP contribution in [0.1, 0.15) is 52.4 Å². The van der Waals surface area contributed by atoms with Crippen LogP contribution in [0.5, 0.6) is 0 Å². The maximum absolute atomic E-state index is 6.13. The summed E-state index contributed by atoms with van der Waals surface area (Å²) in [6.07, 6.45) is 7.24. The van der Waals surface area contributed by atoms with Crippen molar-refractivity contribution in [3.8, 4) is 0 Å². The first kappa shape index (κ1) is 11.0. The Labute approximate surface area is 81.8 Å². The van der Waals surface area contributed by atoms with Gasteiger partial charge in [0.2, 0.25) is 0 Å². The van der Waals surface area contributed by atoms with E-state index in [0.717, 1.165) is 19.4 Å². The second-order valence-corrected chi connectivity index (χ2v) is 4.37.